The summed E-state index contributed by atoms with van der Waals surface area (Å²) in [6.07, 6.45) is 1.65. The Balaban J connectivity index is 1.35. The number of morpholine rings is 1. The number of anilines is 1. The van der Waals surface area contributed by atoms with Gasteiger partial charge in [-0.1, -0.05) is 12.1 Å². The molecule has 3 aromatic rings. The number of benzene rings is 2. The number of hydrazone groups is 1. The number of amides is 1. The average Bonchev–Trinajstić information content (AvgIpc) is 3.13. The second kappa shape index (κ2) is 8.97. The monoisotopic (exact) mass is 402 g/mol. The number of hydrogen-bond acceptors (Lipinski definition) is 4. The van der Waals surface area contributed by atoms with E-state index in [-0.39, 0.29) is 5.91 Å². The number of carbonyl (C=O) groups excluding carboxylic acids is 1. The maximum Gasteiger partial charge on any atom is 0.271 e. The minimum Gasteiger partial charge on any atom is -0.378 e. The first-order chi connectivity index (χ1) is 14.6. The zero-order valence-electron chi connectivity index (χ0n) is 17.3. The molecule has 1 fully saturated rings. The molecule has 4 rings (SSSR count). The number of nitrogens with zero attached hydrogens (tertiary/aromatic N) is 3. The van der Waals surface area contributed by atoms with Gasteiger partial charge in [0.15, 0.2) is 0 Å². The molecule has 0 unspecified atom stereocenters. The molecule has 30 heavy (non-hydrogen) atoms. The van der Waals surface area contributed by atoms with Crippen LogP contribution in [0, 0.1) is 13.8 Å². The Kier molecular flexibility index (Phi) is 5.95. The molecule has 2 aromatic carbocycles. The molecule has 1 aliphatic heterocycles. The topological polar surface area (TPSA) is 58.9 Å². The fourth-order valence-electron chi connectivity index (χ4n) is 3.66. The van der Waals surface area contributed by atoms with Gasteiger partial charge in [0.25, 0.3) is 5.91 Å². The van der Waals surface area contributed by atoms with Crippen molar-refractivity contribution in [3.8, 4) is 5.69 Å². The summed E-state index contributed by atoms with van der Waals surface area (Å²) in [6, 6.07) is 19.8. The van der Waals surface area contributed by atoms with Crippen LogP contribution in [0.2, 0.25) is 0 Å². The standard InChI is InChI=1S/C24H26N4O2/c1-18-3-4-19(2)28(18)23-11-7-21(8-12-23)24(29)26-25-17-20-5-9-22(10-6-20)27-13-15-30-16-14-27/h3-12,17H,13-16H2,1-2H3,(H,26,29). The lowest BCUT2D eigenvalue weighted by molar-refractivity contribution is 0.0955. The Bertz CT molecular complexity index is 1010. The number of hydrogen-bond donors (Lipinski definition) is 1. The lowest BCUT2D eigenvalue weighted by Crippen LogP contribution is -2.36. The molecular formula is C24H26N4O2. The Morgan fingerprint density at radius 3 is 2.13 bits per heavy atom. The molecule has 154 valence electrons. The lowest BCUT2D eigenvalue weighted by Gasteiger charge is -2.28. The molecule has 6 nitrogen and oxygen atoms in total. The van der Waals surface area contributed by atoms with Crippen molar-refractivity contribution in [3.63, 3.8) is 0 Å². The van der Waals surface area contributed by atoms with Crippen LogP contribution in [0.3, 0.4) is 0 Å². The fraction of sp³-hybridized carbons (Fsp3) is 0.250. The van der Waals surface area contributed by atoms with E-state index in [0.717, 1.165) is 48.9 Å². The molecule has 6 heteroatoms. The highest BCUT2D eigenvalue weighted by Crippen LogP contribution is 2.17. The van der Waals surface area contributed by atoms with Gasteiger partial charge in [-0.25, -0.2) is 5.43 Å². The Morgan fingerprint density at radius 2 is 1.50 bits per heavy atom. The fourth-order valence-corrected chi connectivity index (χ4v) is 3.66. The summed E-state index contributed by atoms with van der Waals surface area (Å²) in [5, 5.41) is 4.10. The summed E-state index contributed by atoms with van der Waals surface area (Å²) in [5.41, 5.74) is 8.63. The van der Waals surface area contributed by atoms with Crippen LogP contribution in [0.1, 0.15) is 27.3 Å². The molecule has 0 radical (unpaired) electrons. The lowest BCUT2D eigenvalue weighted by atomic mass is 10.2. The molecule has 1 N–H and O–H groups in total. The number of aryl methyl sites for hydroxylation is 2. The van der Waals surface area contributed by atoms with Crippen molar-refractivity contribution in [3.05, 3.63) is 83.2 Å². The van der Waals surface area contributed by atoms with E-state index in [2.05, 4.69) is 58.1 Å². The maximum absolute atomic E-state index is 12.4. The second-order valence-corrected chi connectivity index (χ2v) is 7.39. The minimum absolute atomic E-state index is 0.233. The summed E-state index contributed by atoms with van der Waals surface area (Å²) in [6.45, 7) is 7.48. The van der Waals surface area contributed by atoms with Crippen molar-refractivity contribution in [2.45, 2.75) is 13.8 Å². The third kappa shape index (κ3) is 4.44. The molecule has 0 atom stereocenters. The summed E-state index contributed by atoms with van der Waals surface area (Å²) in [4.78, 5) is 14.7. The average molecular weight is 402 g/mol. The van der Waals surface area contributed by atoms with Gasteiger partial charge in [0.2, 0.25) is 0 Å². The highest BCUT2D eigenvalue weighted by atomic mass is 16.5. The predicted octanol–water partition coefficient (Wildman–Crippen LogP) is 3.69. The molecule has 1 amide bonds. The van der Waals surface area contributed by atoms with Crippen molar-refractivity contribution >= 4 is 17.8 Å². The minimum atomic E-state index is -0.233. The van der Waals surface area contributed by atoms with Gasteiger partial charge in [0.05, 0.1) is 19.4 Å². The van der Waals surface area contributed by atoms with Crippen molar-refractivity contribution < 1.29 is 9.53 Å². The molecule has 0 spiro atoms. The molecule has 1 aromatic heterocycles. The third-order valence-corrected chi connectivity index (χ3v) is 5.31. The molecular weight excluding hydrogens is 376 g/mol. The Morgan fingerprint density at radius 1 is 0.900 bits per heavy atom. The Hall–Kier alpha value is -3.38. The highest BCUT2D eigenvalue weighted by Gasteiger charge is 2.10. The summed E-state index contributed by atoms with van der Waals surface area (Å²) in [7, 11) is 0. The molecule has 2 heterocycles. The van der Waals surface area contributed by atoms with Crippen LogP contribution >= 0.6 is 0 Å². The first-order valence-electron chi connectivity index (χ1n) is 10.1. The zero-order chi connectivity index (χ0) is 20.9. The molecule has 1 aliphatic rings. The molecule has 0 bridgehead atoms. The number of rotatable bonds is 5. The predicted molar refractivity (Wildman–Crippen MR) is 120 cm³/mol. The van der Waals surface area contributed by atoms with E-state index >= 15 is 0 Å². The Labute approximate surface area is 176 Å². The van der Waals surface area contributed by atoms with E-state index in [1.807, 2.05) is 36.4 Å². The van der Waals surface area contributed by atoms with Crippen LogP contribution in [-0.4, -0.2) is 43.0 Å². The van der Waals surface area contributed by atoms with Gasteiger partial charge < -0.3 is 14.2 Å². The van der Waals surface area contributed by atoms with Crippen LogP contribution < -0.4 is 10.3 Å². The van der Waals surface area contributed by atoms with Gasteiger partial charge in [0, 0.05) is 41.4 Å². The van der Waals surface area contributed by atoms with Gasteiger partial charge in [-0.15, -0.1) is 0 Å². The van der Waals surface area contributed by atoms with Gasteiger partial charge in [-0.3, -0.25) is 4.79 Å². The van der Waals surface area contributed by atoms with Gasteiger partial charge >= 0.3 is 0 Å². The van der Waals surface area contributed by atoms with E-state index in [0.29, 0.717) is 5.56 Å². The van der Waals surface area contributed by atoms with E-state index in [1.165, 1.54) is 5.69 Å². The third-order valence-electron chi connectivity index (χ3n) is 5.31. The van der Waals surface area contributed by atoms with Gasteiger partial charge in [-0.05, 0) is 67.9 Å². The first-order valence-corrected chi connectivity index (χ1v) is 10.1. The number of nitrogens with one attached hydrogen (secondary N) is 1. The van der Waals surface area contributed by atoms with Crippen molar-refractivity contribution in [1.82, 2.24) is 9.99 Å². The molecule has 0 saturated carbocycles. The van der Waals surface area contributed by atoms with E-state index in [9.17, 15) is 4.79 Å². The normalized spacial score (nSPS) is 14.3. The van der Waals surface area contributed by atoms with E-state index < -0.39 is 0 Å². The van der Waals surface area contributed by atoms with Crippen LogP contribution in [0.5, 0.6) is 0 Å². The number of aromatic nitrogens is 1. The van der Waals surface area contributed by atoms with Crippen LogP contribution in [-0.2, 0) is 4.74 Å². The van der Waals surface area contributed by atoms with Crippen molar-refractivity contribution in [2.24, 2.45) is 5.10 Å². The largest absolute Gasteiger partial charge is 0.378 e. The van der Waals surface area contributed by atoms with Gasteiger partial charge in [0.1, 0.15) is 0 Å². The van der Waals surface area contributed by atoms with Crippen LogP contribution in [0.4, 0.5) is 5.69 Å². The summed E-state index contributed by atoms with van der Waals surface area (Å²) in [5.74, 6) is -0.233. The number of carbonyl (C=O) groups is 1. The maximum atomic E-state index is 12.4. The van der Waals surface area contributed by atoms with E-state index in [4.69, 9.17) is 4.74 Å². The smallest absolute Gasteiger partial charge is 0.271 e. The van der Waals surface area contributed by atoms with Crippen LogP contribution in [0.15, 0.2) is 65.8 Å². The molecule has 0 aliphatic carbocycles. The second-order valence-electron chi connectivity index (χ2n) is 7.39. The zero-order valence-corrected chi connectivity index (χ0v) is 17.3. The van der Waals surface area contributed by atoms with Gasteiger partial charge in [-0.2, -0.15) is 5.10 Å². The SMILES string of the molecule is Cc1ccc(C)n1-c1ccc(C(=O)NN=Cc2ccc(N3CCOCC3)cc2)cc1. The number of ether oxygens (including phenoxy) is 1. The highest BCUT2D eigenvalue weighted by molar-refractivity contribution is 5.95. The van der Waals surface area contributed by atoms with Crippen molar-refractivity contribution in [2.75, 3.05) is 31.2 Å². The van der Waals surface area contributed by atoms with Crippen LogP contribution in [0.25, 0.3) is 5.69 Å². The summed E-state index contributed by atoms with van der Waals surface area (Å²) < 4.78 is 7.54. The molecule has 1 saturated heterocycles. The quantitative estimate of drug-likeness (QED) is 0.523. The summed E-state index contributed by atoms with van der Waals surface area (Å²) >= 11 is 0. The van der Waals surface area contributed by atoms with E-state index in [1.54, 1.807) is 6.21 Å². The first kappa shape index (κ1) is 19.9. The van der Waals surface area contributed by atoms with Crippen molar-refractivity contribution in [1.29, 1.82) is 0 Å².